The summed E-state index contributed by atoms with van der Waals surface area (Å²) in [4.78, 5) is 87.4. The zero-order chi connectivity index (χ0) is 39.8. The molecule has 1 aromatic carbocycles. The molecule has 5 heterocycles. The molecule has 0 radical (unpaired) electrons. The van der Waals surface area contributed by atoms with Gasteiger partial charge in [-0.1, -0.05) is 5.16 Å². The number of hydrogen-bond acceptors (Lipinski definition) is 15. The molecule has 3 unspecified atom stereocenters. The number of pyridine rings is 1. The Labute approximate surface area is 320 Å². The van der Waals surface area contributed by atoms with Crippen LogP contribution in [-0.4, -0.2) is 125 Å². The Morgan fingerprint density at radius 3 is 2.49 bits per heavy atom. The van der Waals surface area contributed by atoms with Crippen LogP contribution in [0.5, 0.6) is 11.5 Å². The van der Waals surface area contributed by atoms with Crippen LogP contribution in [0.3, 0.4) is 0 Å². The number of likely N-dealkylation sites (tertiary alicyclic amines) is 1. The molecule has 3 aliphatic rings. The quantitative estimate of drug-likeness (QED) is 0.0328. The van der Waals surface area contributed by atoms with Crippen LogP contribution in [0, 0.1) is 0 Å². The number of ether oxygens (including phenoxy) is 1. The number of esters is 1. The number of quaternary nitrogens is 1. The topological polar surface area (TPSA) is 273 Å². The number of aromatic nitrogens is 2. The van der Waals surface area contributed by atoms with Crippen molar-refractivity contribution >= 4 is 74.6 Å². The molecule has 3 aliphatic heterocycles. The molecular weight excluding hydrogens is 763 g/mol. The van der Waals surface area contributed by atoms with Crippen molar-refractivity contribution in [3.05, 3.63) is 56.5 Å². The minimum absolute atomic E-state index is 0.0403. The van der Waals surface area contributed by atoms with E-state index in [1.807, 2.05) is 6.92 Å². The standard InChI is InChI=1S/C34H37N7O12S2/c1-3-39-11-16(27(45)18-6-7-20(42)28(46)26(18)39)12-41(8-4-5-9-41)13-17-14-54-31-24(30(48)40(31)25(17)33(51)52-2)37-29(47)23(19-15-55-34(35)36-19)38-53-21(32(49)50)10-22(43)44/h6-7,11,15,21,24,31H,3-5,8-10,12-14H2,1-2H3,(H6-,35,36,37,38,42,43,44,45,46,47,49,50)/p+1. The number of nitrogens with one attached hydrogen (secondary N) is 1. The van der Waals surface area contributed by atoms with Crippen LogP contribution in [0.1, 0.15) is 37.4 Å². The number of nitrogens with two attached hydrogens (primary N) is 1. The number of nitrogen functional groups attached to an aromatic ring is 1. The maximum atomic E-state index is 13.8. The number of hydrogen-bond donors (Lipinski definition) is 6. The molecular formula is C34H38N7O12S2+. The maximum Gasteiger partial charge on any atom is 0.355 e. The predicted octanol–water partition coefficient (Wildman–Crippen LogP) is 0.758. The number of carboxylic acids is 2. The van der Waals surface area contributed by atoms with Crippen LogP contribution in [0.25, 0.3) is 10.9 Å². The largest absolute Gasteiger partial charge is 0.504 e. The number of anilines is 1. The highest BCUT2D eigenvalue weighted by molar-refractivity contribution is 8.00. The van der Waals surface area contributed by atoms with E-state index >= 15 is 0 Å². The fourth-order valence-electron chi connectivity index (χ4n) is 7.18. The van der Waals surface area contributed by atoms with Crippen LogP contribution < -0.4 is 16.5 Å². The van der Waals surface area contributed by atoms with Crippen molar-refractivity contribution in [3.63, 3.8) is 0 Å². The summed E-state index contributed by atoms with van der Waals surface area (Å²) >= 11 is 2.24. The van der Waals surface area contributed by atoms with Gasteiger partial charge in [-0.15, -0.1) is 23.1 Å². The van der Waals surface area contributed by atoms with E-state index < -0.39 is 59.4 Å². The summed E-state index contributed by atoms with van der Waals surface area (Å²) < 4.78 is 7.26. The number of carbonyl (C=O) groups is 5. The lowest BCUT2D eigenvalue weighted by Gasteiger charge is -2.50. The number of rotatable bonds is 14. The first-order chi connectivity index (χ1) is 26.2. The van der Waals surface area contributed by atoms with Crippen molar-refractivity contribution in [2.24, 2.45) is 5.16 Å². The monoisotopic (exact) mass is 800 g/mol. The Bertz CT molecular complexity index is 2210. The number of β-lactam (4-membered cyclic amide) rings is 1. The number of phenolic OH excluding ortho intramolecular Hbond substituents is 2. The van der Waals surface area contributed by atoms with Crippen LogP contribution in [0.15, 0.2) is 44.9 Å². The molecule has 0 spiro atoms. The van der Waals surface area contributed by atoms with Gasteiger partial charge in [0.2, 0.25) is 6.10 Å². The molecule has 7 N–H and O–H groups in total. The molecule has 2 aromatic heterocycles. The van der Waals surface area contributed by atoms with E-state index in [1.165, 1.54) is 41.3 Å². The van der Waals surface area contributed by atoms with Gasteiger partial charge in [-0.05, 0) is 19.1 Å². The van der Waals surface area contributed by atoms with Crippen LogP contribution in [-0.2, 0) is 46.6 Å². The van der Waals surface area contributed by atoms with Gasteiger partial charge in [0.25, 0.3) is 11.8 Å². The minimum atomic E-state index is -1.93. The van der Waals surface area contributed by atoms with Crippen molar-refractivity contribution in [2.75, 3.05) is 38.2 Å². The normalized spacial score (nSPS) is 19.8. The third kappa shape index (κ3) is 7.54. The molecule has 0 aliphatic carbocycles. The lowest BCUT2D eigenvalue weighted by molar-refractivity contribution is -0.925. The van der Waals surface area contributed by atoms with E-state index in [4.69, 9.17) is 20.4 Å². The fourth-order valence-corrected chi connectivity index (χ4v) is 9.06. The molecule has 55 heavy (non-hydrogen) atoms. The minimum Gasteiger partial charge on any atom is -0.504 e. The molecule has 3 atom stereocenters. The molecule has 2 saturated heterocycles. The number of thioether (sulfide) groups is 1. The lowest BCUT2D eigenvalue weighted by atomic mass is 10.0. The second kappa shape index (κ2) is 15.6. The fraction of sp³-hybridized carbons (Fsp3) is 0.412. The number of amides is 2. The molecule has 21 heteroatoms. The molecule has 3 aromatic rings. The first-order valence-corrected chi connectivity index (χ1v) is 19.0. The number of aromatic hydroxyl groups is 2. The van der Waals surface area contributed by atoms with Gasteiger partial charge < -0.3 is 50.1 Å². The summed E-state index contributed by atoms with van der Waals surface area (Å²) in [5, 5.41) is 46.2. The first kappa shape index (κ1) is 39.0. The van der Waals surface area contributed by atoms with Crippen LogP contribution >= 0.6 is 23.1 Å². The second-order valence-corrected chi connectivity index (χ2v) is 15.3. The Morgan fingerprint density at radius 2 is 1.87 bits per heavy atom. The van der Waals surface area contributed by atoms with Gasteiger partial charge in [0.15, 0.2) is 27.8 Å². The first-order valence-electron chi connectivity index (χ1n) is 17.1. The Hall–Kier alpha value is -5.67. The number of thiazole rings is 1. The molecule has 19 nitrogen and oxygen atoms in total. The summed E-state index contributed by atoms with van der Waals surface area (Å²) in [7, 11) is 1.19. The Morgan fingerprint density at radius 1 is 1.15 bits per heavy atom. The number of aliphatic carboxylic acids is 2. The number of carboxylic acid groups (broad SMARTS) is 2. The third-order valence-electron chi connectivity index (χ3n) is 9.75. The Balaban J connectivity index is 1.27. The summed E-state index contributed by atoms with van der Waals surface area (Å²) in [6.45, 7) is 4.25. The average Bonchev–Trinajstić information content (AvgIpc) is 3.80. The number of benzene rings is 1. The smallest absolute Gasteiger partial charge is 0.355 e. The van der Waals surface area contributed by atoms with Gasteiger partial charge in [-0.25, -0.2) is 14.6 Å². The molecule has 2 fully saturated rings. The predicted molar refractivity (Wildman–Crippen MR) is 197 cm³/mol. The number of fused-ring (bicyclic) bond motifs is 2. The van der Waals surface area contributed by atoms with E-state index in [0.717, 1.165) is 24.2 Å². The number of aryl methyl sites for hydroxylation is 1. The SMILES string of the molecule is CCn1cc(C[N+]2(CC3=C(C(=O)OC)N4C(=O)C(NC(=O)C(=NOC(CC(=O)O)C(=O)O)c5csc(N)n5)C4SC3)CCCC2)c(=O)c2ccc(O)c(O)c21. The van der Waals surface area contributed by atoms with Gasteiger partial charge in [0.1, 0.15) is 35.9 Å². The number of carbonyl (C=O) groups excluding carboxylic acids is 3. The van der Waals surface area contributed by atoms with Crippen molar-refractivity contribution < 1.29 is 58.5 Å². The molecule has 292 valence electrons. The van der Waals surface area contributed by atoms with E-state index in [9.17, 15) is 44.1 Å². The lowest BCUT2D eigenvalue weighted by Crippen LogP contribution is -2.71. The van der Waals surface area contributed by atoms with Crippen molar-refractivity contribution in [3.8, 4) is 11.5 Å². The molecule has 0 bridgehead atoms. The number of methoxy groups -OCH3 is 1. The molecule has 0 saturated carbocycles. The van der Waals surface area contributed by atoms with Crippen molar-refractivity contribution in [2.45, 2.75) is 56.8 Å². The molecule has 6 rings (SSSR count). The summed E-state index contributed by atoms with van der Waals surface area (Å²) in [5.41, 5.74) is 6.17. The molecule has 2 amide bonds. The summed E-state index contributed by atoms with van der Waals surface area (Å²) in [5.74, 6) is -5.94. The Kier molecular flexibility index (Phi) is 11.1. The van der Waals surface area contributed by atoms with Gasteiger partial charge >= 0.3 is 17.9 Å². The van der Waals surface area contributed by atoms with Crippen LogP contribution in [0.2, 0.25) is 0 Å². The zero-order valence-corrected chi connectivity index (χ0v) is 31.2. The summed E-state index contributed by atoms with van der Waals surface area (Å²) in [6, 6.07) is 1.60. The van der Waals surface area contributed by atoms with Crippen LogP contribution in [0.4, 0.5) is 5.13 Å². The van der Waals surface area contributed by atoms with Gasteiger partial charge in [-0.3, -0.25) is 24.1 Å². The van der Waals surface area contributed by atoms with Gasteiger partial charge in [0, 0.05) is 42.3 Å². The third-order valence-corrected chi connectivity index (χ3v) is 11.8. The number of oxime groups is 1. The van der Waals surface area contributed by atoms with E-state index in [-0.39, 0.29) is 50.1 Å². The van der Waals surface area contributed by atoms with E-state index in [0.29, 0.717) is 48.3 Å². The van der Waals surface area contributed by atoms with Gasteiger partial charge in [0.05, 0.1) is 43.1 Å². The van der Waals surface area contributed by atoms with E-state index in [1.54, 1.807) is 10.8 Å². The highest BCUT2D eigenvalue weighted by Gasteiger charge is 2.55. The number of phenols is 2. The second-order valence-electron chi connectivity index (χ2n) is 13.3. The number of nitrogens with zero attached hydrogens (tertiary/aromatic N) is 5. The maximum absolute atomic E-state index is 13.8. The highest BCUT2D eigenvalue weighted by Crippen LogP contribution is 2.42. The zero-order valence-electron chi connectivity index (χ0n) is 29.6. The van der Waals surface area contributed by atoms with Crippen molar-refractivity contribution in [1.82, 2.24) is 19.8 Å². The van der Waals surface area contributed by atoms with Crippen molar-refractivity contribution in [1.29, 1.82) is 0 Å². The van der Waals surface area contributed by atoms with E-state index in [2.05, 4.69) is 15.5 Å². The average molecular weight is 801 g/mol. The summed E-state index contributed by atoms with van der Waals surface area (Å²) in [6.07, 6.45) is 0.516. The highest BCUT2D eigenvalue weighted by atomic mass is 32.2. The van der Waals surface area contributed by atoms with Gasteiger partial charge in [-0.2, -0.15) is 0 Å².